The summed E-state index contributed by atoms with van der Waals surface area (Å²) in [5, 5.41) is 3.38. The van der Waals surface area contributed by atoms with Crippen LogP contribution in [-0.2, 0) is 4.74 Å². The number of hydrogen-bond acceptors (Lipinski definition) is 4. The fourth-order valence-electron chi connectivity index (χ4n) is 1.49. The second kappa shape index (κ2) is 7.31. The molecule has 1 heterocycles. The Morgan fingerprint density at radius 1 is 1.40 bits per heavy atom. The molecule has 0 amide bonds. The van der Waals surface area contributed by atoms with Crippen LogP contribution >= 0.6 is 0 Å². The molecule has 84 valence electrons. The number of methoxy groups -OCH3 is 1. The molecule has 1 N–H and O–H groups in total. The maximum Gasteiger partial charge on any atom is 0.145 e. The Morgan fingerprint density at radius 3 is 2.73 bits per heavy atom. The van der Waals surface area contributed by atoms with E-state index in [1.807, 2.05) is 6.07 Å². The van der Waals surface area contributed by atoms with E-state index in [0.29, 0.717) is 0 Å². The van der Waals surface area contributed by atoms with Crippen molar-refractivity contribution in [3.05, 3.63) is 24.3 Å². The summed E-state index contributed by atoms with van der Waals surface area (Å²) in [6.45, 7) is 3.80. The topological polar surface area (TPSA) is 47.0 Å². The summed E-state index contributed by atoms with van der Waals surface area (Å²) in [4.78, 5) is 8.52. The normalized spacial score (nSPS) is 12.7. The average molecular weight is 209 g/mol. The minimum absolute atomic E-state index is 0.242. The molecule has 0 fully saturated rings. The monoisotopic (exact) mass is 209 g/mol. The smallest absolute Gasteiger partial charge is 0.145 e. The van der Waals surface area contributed by atoms with E-state index in [1.165, 1.54) is 0 Å². The van der Waals surface area contributed by atoms with Crippen molar-refractivity contribution >= 4 is 0 Å². The molecule has 1 unspecified atom stereocenters. The van der Waals surface area contributed by atoms with Gasteiger partial charge < -0.3 is 10.1 Å². The number of ether oxygens (including phenoxy) is 1. The standard InChI is InChI=1S/C11H19N3O/c1-3-12-10(6-4-9-15-2)11-13-7-5-8-14-11/h5,7-8,10,12H,3-4,6,9H2,1-2H3. The van der Waals surface area contributed by atoms with Crippen LogP contribution in [-0.4, -0.2) is 30.2 Å². The van der Waals surface area contributed by atoms with Crippen molar-refractivity contribution in [1.29, 1.82) is 0 Å². The van der Waals surface area contributed by atoms with Gasteiger partial charge >= 0.3 is 0 Å². The molecule has 0 saturated heterocycles. The average Bonchev–Trinajstić information content (AvgIpc) is 2.29. The van der Waals surface area contributed by atoms with E-state index in [2.05, 4.69) is 22.2 Å². The van der Waals surface area contributed by atoms with Gasteiger partial charge in [0, 0.05) is 26.1 Å². The highest BCUT2D eigenvalue weighted by molar-refractivity contribution is 4.95. The van der Waals surface area contributed by atoms with Gasteiger partial charge in [-0.15, -0.1) is 0 Å². The Balaban J connectivity index is 2.50. The molecule has 0 aliphatic carbocycles. The van der Waals surface area contributed by atoms with Gasteiger partial charge in [0.1, 0.15) is 5.82 Å². The van der Waals surface area contributed by atoms with Crippen LogP contribution in [0, 0.1) is 0 Å². The van der Waals surface area contributed by atoms with Crippen molar-refractivity contribution in [1.82, 2.24) is 15.3 Å². The van der Waals surface area contributed by atoms with Crippen molar-refractivity contribution in [2.45, 2.75) is 25.8 Å². The van der Waals surface area contributed by atoms with Gasteiger partial charge in [-0.25, -0.2) is 9.97 Å². The zero-order chi connectivity index (χ0) is 10.9. The van der Waals surface area contributed by atoms with Crippen LogP contribution in [0.15, 0.2) is 18.5 Å². The first-order chi connectivity index (χ1) is 7.38. The maximum atomic E-state index is 5.04. The minimum Gasteiger partial charge on any atom is -0.385 e. The largest absolute Gasteiger partial charge is 0.385 e. The van der Waals surface area contributed by atoms with Crippen LogP contribution in [0.25, 0.3) is 0 Å². The van der Waals surface area contributed by atoms with Gasteiger partial charge in [-0.3, -0.25) is 0 Å². The van der Waals surface area contributed by atoms with E-state index in [4.69, 9.17) is 4.74 Å². The molecule has 4 heteroatoms. The molecule has 1 aromatic rings. The summed E-state index contributed by atoms with van der Waals surface area (Å²) >= 11 is 0. The highest BCUT2D eigenvalue weighted by atomic mass is 16.5. The second-order valence-corrected chi connectivity index (χ2v) is 3.35. The third kappa shape index (κ3) is 4.36. The highest BCUT2D eigenvalue weighted by Crippen LogP contribution is 2.13. The first-order valence-corrected chi connectivity index (χ1v) is 5.37. The van der Waals surface area contributed by atoms with E-state index in [9.17, 15) is 0 Å². The summed E-state index contributed by atoms with van der Waals surface area (Å²) in [5.41, 5.74) is 0. The Labute approximate surface area is 91.1 Å². The zero-order valence-corrected chi connectivity index (χ0v) is 9.44. The van der Waals surface area contributed by atoms with E-state index >= 15 is 0 Å². The first-order valence-electron chi connectivity index (χ1n) is 5.37. The van der Waals surface area contributed by atoms with E-state index in [0.717, 1.165) is 31.8 Å². The zero-order valence-electron chi connectivity index (χ0n) is 9.44. The van der Waals surface area contributed by atoms with Crippen LogP contribution in [0.3, 0.4) is 0 Å². The number of hydrogen-bond donors (Lipinski definition) is 1. The Bertz CT molecular complexity index is 253. The van der Waals surface area contributed by atoms with E-state index in [1.54, 1.807) is 19.5 Å². The summed E-state index contributed by atoms with van der Waals surface area (Å²) in [6.07, 6.45) is 5.59. The molecule has 1 atom stereocenters. The van der Waals surface area contributed by atoms with Crippen LogP contribution in [0.2, 0.25) is 0 Å². The van der Waals surface area contributed by atoms with Crippen LogP contribution < -0.4 is 5.32 Å². The molecule has 0 saturated carbocycles. The molecule has 0 spiro atoms. The molecule has 0 radical (unpaired) electrons. The van der Waals surface area contributed by atoms with Crippen molar-refractivity contribution < 1.29 is 4.74 Å². The quantitative estimate of drug-likeness (QED) is 0.692. The Kier molecular flexibility index (Phi) is 5.88. The third-order valence-electron chi connectivity index (χ3n) is 2.19. The lowest BCUT2D eigenvalue weighted by molar-refractivity contribution is 0.188. The molecular weight excluding hydrogens is 190 g/mol. The third-order valence-corrected chi connectivity index (χ3v) is 2.19. The molecule has 15 heavy (non-hydrogen) atoms. The van der Waals surface area contributed by atoms with Crippen molar-refractivity contribution in [3.8, 4) is 0 Å². The molecule has 0 bridgehead atoms. The van der Waals surface area contributed by atoms with Gasteiger partial charge in [0.15, 0.2) is 0 Å². The summed E-state index contributed by atoms with van der Waals surface area (Å²) in [6, 6.07) is 2.08. The molecular formula is C11H19N3O. The molecule has 0 aromatic carbocycles. The van der Waals surface area contributed by atoms with Gasteiger partial charge in [0.2, 0.25) is 0 Å². The summed E-state index contributed by atoms with van der Waals surface area (Å²) in [5.74, 6) is 0.871. The number of nitrogens with zero attached hydrogens (tertiary/aromatic N) is 2. The Hall–Kier alpha value is -1.00. The second-order valence-electron chi connectivity index (χ2n) is 3.35. The van der Waals surface area contributed by atoms with Crippen molar-refractivity contribution in [2.24, 2.45) is 0 Å². The molecule has 4 nitrogen and oxygen atoms in total. The number of rotatable bonds is 7. The lowest BCUT2D eigenvalue weighted by Crippen LogP contribution is -2.23. The number of aromatic nitrogens is 2. The maximum absolute atomic E-state index is 5.04. The van der Waals surface area contributed by atoms with Gasteiger partial charge in [-0.1, -0.05) is 6.92 Å². The Morgan fingerprint density at radius 2 is 2.13 bits per heavy atom. The molecule has 0 aliphatic heterocycles. The summed E-state index contributed by atoms with van der Waals surface area (Å²) in [7, 11) is 1.72. The van der Waals surface area contributed by atoms with E-state index < -0.39 is 0 Å². The van der Waals surface area contributed by atoms with Gasteiger partial charge in [-0.05, 0) is 25.5 Å². The van der Waals surface area contributed by atoms with Crippen LogP contribution in [0.5, 0.6) is 0 Å². The van der Waals surface area contributed by atoms with Crippen LogP contribution in [0.1, 0.15) is 31.6 Å². The highest BCUT2D eigenvalue weighted by Gasteiger charge is 2.11. The van der Waals surface area contributed by atoms with Gasteiger partial charge in [0.05, 0.1) is 6.04 Å². The van der Waals surface area contributed by atoms with Gasteiger partial charge in [0.25, 0.3) is 0 Å². The first kappa shape index (κ1) is 12.1. The molecule has 0 aliphatic rings. The molecule has 1 rings (SSSR count). The minimum atomic E-state index is 0.242. The predicted molar refractivity (Wildman–Crippen MR) is 59.6 cm³/mol. The fourth-order valence-corrected chi connectivity index (χ4v) is 1.49. The summed E-state index contributed by atoms with van der Waals surface area (Å²) < 4.78 is 5.04. The van der Waals surface area contributed by atoms with Crippen molar-refractivity contribution in [3.63, 3.8) is 0 Å². The lowest BCUT2D eigenvalue weighted by atomic mass is 10.1. The fraction of sp³-hybridized carbons (Fsp3) is 0.636. The molecule has 1 aromatic heterocycles. The predicted octanol–water partition coefficient (Wildman–Crippen LogP) is 1.55. The van der Waals surface area contributed by atoms with Crippen LogP contribution in [0.4, 0.5) is 0 Å². The van der Waals surface area contributed by atoms with E-state index in [-0.39, 0.29) is 6.04 Å². The lowest BCUT2D eigenvalue weighted by Gasteiger charge is -2.15. The SMILES string of the molecule is CCNC(CCCOC)c1ncccn1. The van der Waals surface area contributed by atoms with Crippen molar-refractivity contribution in [2.75, 3.05) is 20.3 Å². The number of nitrogens with one attached hydrogen (secondary N) is 1. The van der Waals surface area contributed by atoms with Gasteiger partial charge in [-0.2, -0.15) is 0 Å².